The number of rotatable bonds is 3. The molecule has 0 aromatic rings. The first-order chi connectivity index (χ1) is 13.6. The average molecular weight is 407 g/mol. The molecule has 2 unspecified atom stereocenters. The molecule has 166 valence electrons. The fourth-order valence-electron chi connectivity index (χ4n) is 8.86. The second kappa shape index (κ2) is 7.51. The van der Waals surface area contributed by atoms with Crippen molar-refractivity contribution in [2.45, 2.75) is 91.3 Å². The molecule has 0 amide bonds. The monoisotopic (exact) mass is 406 g/mol. The molecule has 0 aromatic carbocycles. The van der Waals surface area contributed by atoms with Crippen molar-refractivity contribution in [2.24, 2.45) is 52.3 Å². The second-order valence-corrected chi connectivity index (χ2v) is 11.7. The molecule has 0 aromatic heterocycles. The number of ether oxygens (including phenoxy) is 1. The van der Waals surface area contributed by atoms with Crippen LogP contribution in [0.1, 0.15) is 79.1 Å². The number of aliphatic hydroxyl groups excluding tert-OH is 2. The Kier molecular flexibility index (Phi) is 5.60. The predicted octanol–water partition coefficient (Wildman–Crippen LogP) is 4.42. The summed E-state index contributed by atoms with van der Waals surface area (Å²) < 4.78 is 4.92. The van der Waals surface area contributed by atoms with Crippen LogP contribution in [-0.2, 0) is 9.53 Å². The van der Waals surface area contributed by atoms with Gasteiger partial charge < -0.3 is 14.9 Å². The molecule has 0 spiro atoms. The summed E-state index contributed by atoms with van der Waals surface area (Å²) in [6.07, 6.45) is 7.46. The van der Waals surface area contributed by atoms with Gasteiger partial charge in [-0.1, -0.05) is 34.1 Å². The van der Waals surface area contributed by atoms with Gasteiger partial charge in [0.05, 0.1) is 19.3 Å². The highest BCUT2D eigenvalue weighted by Crippen LogP contribution is 2.68. The highest BCUT2D eigenvalue weighted by atomic mass is 16.5. The molecule has 4 nitrogen and oxygen atoms in total. The lowest BCUT2D eigenvalue weighted by atomic mass is 9.42. The molecule has 0 saturated heterocycles. The zero-order valence-electron chi connectivity index (χ0n) is 19.1. The lowest BCUT2D eigenvalue weighted by molar-refractivity contribution is -0.204. The summed E-state index contributed by atoms with van der Waals surface area (Å²) >= 11 is 0. The summed E-state index contributed by atoms with van der Waals surface area (Å²) in [6, 6.07) is 0. The minimum atomic E-state index is -0.344. The zero-order valence-corrected chi connectivity index (χ0v) is 19.1. The third-order valence-electron chi connectivity index (χ3n) is 10.5. The molecule has 4 saturated carbocycles. The molecule has 4 rings (SSSR count). The van der Waals surface area contributed by atoms with Crippen LogP contribution in [-0.4, -0.2) is 35.5 Å². The van der Waals surface area contributed by atoms with E-state index in [9.17, 15) is 15.0 Å². The molecule has 29 heavy (non-hydrogen) atoms. The molecule has 0 aliphatic heterocycles. The third kappa shape index (κ3) is 3.19. The van der Waals surface area contributed by atoms with E-state index in [1.807, 2.05) is 0 Å². The molecule has 0 bridgehead atoms. The van der Waals surface area contributed by atoms with Crippen LogP contribution in [0.2, 0.25) is 0 Å². The number of fused-ring (bicyclic) bond motifs is 5. The van der Waals surface area contributed by atoms with Gasteiger partial charge in [0, 0.05) is 6.42 Å². The summed E-state index contributed by atoms with van der Waals surface area (Å²) in [5, 5.41) is 22.9. The molecule has 2 N–H and O–H groups in total. The van der Waals surface area contributed by atoms with Gasteiger partial charge in [-0.25, -0.2) is 0 Å². The molecular formula is C25H42O4. The summed E-state index contributed by atoms with van der Waals surface area (Å²) in [6.45, 7) is 9.23. The summed E-state index contributed by atoms with van der Waals surface area (Å²) in [5.41, 5.74) is 0.0508. The zero-order chi connectivity index (χ0) is 21.1. The standard InChI is InChI=1S/C25H42O4/c1-14-8-9-24(3)16(10-14)12-20(26)23-18-7-6-17(15(2)11-22(28)29-5)25(18,4)21(27)13-19(23)24/h14-21,23,26-27H,6-13H2,1-5H3/t14-,15?,16-,17?,18-,19-,20+,21-,23-,24-,25+/m0/s1. The van der Waals surface area contributed by atoms with Gasteiger partial charge in [-0.3, -0.25) is 4.79 Å². The van der Waals surface area contributed by atoms with Gasteiger partial charge in [-0.15, -0.1) is 0 Å². The Bertz CT molecular complexity index is 634. The number of aliphatic hydroxyl groups is 2. The Morgan fingerprint density at radius 3 is 2.52 bits per heavy atom. The molecule has 4 aliphatic carbocycles. The van der Waals surface area contributed by atoms with Gasteiger partial charge >= 0.3 is 5.97 Å². The largest absolute Gasteiger partial charge is 0.469 e. The quantitative estimate of drug-likeness (QED) is 0.681. The fourth-order valence-corrected chi connectivity index (χ4v) is 8.86. The van der Waals surface area contributed by atoms with Gasteiger partial charge in [0.1, 0.15) is 0 Å². The Balaban J connectivity index is 1.62. The highest BCUT2D eigenvalue weighted by molar-refractivity contribution is 5.69. The Morgan fingerprint density at radius 1 is 1.10 bits per heavy atom. The predicted molar refractivity (Wildman–Crippen MR) is 113 cm³/mol. The minimum Gasteiger partial charge on any atom is -0.469 e. The van der Waals surface area contributed by atoms with E-state index in [0.717, 1.165) is 31.6 Å². The number of esters is 1. The van der Waals surface area contributed by atoms with E-state index in [2.05, 4.69) is 27.7 Å². The van der Waals surface area contributed by atoms with E-state index < -0.39 is 0 Å². The van der Waals surface area contributed by atoms with Gasteiger partial charge in [0.25, 0.3) is 0 Å². The first-order valence-corrected chi connectivity index (χ1v) is 12.1. The fraction of sp³-hybridized carbons (Fsp3) is 0.960. The van der Waals surface area contributed by atoms with Gasteiger partial charge in [0.15, 0.2) is 0 Å². The highest BCUT2D eigenvalue weighted by Gasteiger charge is 2.65. The molecule has 4 heteroatoms. The lowest BCUT2D eigenvalue weighted by Crippen LogP contribution is -2.62. The number of hydrogen-bond donors (Lipinski definition) is 2. The Labute approximate surface area is 176 Å². The molecule has 0 heterocycles. The first kappa shape index (κ1) is 21.6. The van der Waals surface area contributed by atoms with Crippen molar-refractivity contribution < 1.29 is 19.7 Å². The van der Waals surface area contributed by atoms with Crippen LogP contribution in [0.4, 0.5) is 0 Å². The maximum atomic E-state index is 11.9. The van der Waals surface area contributed by atoms with Crippen molar-refractivity contribution in [1.29, 1.82) is 0 Å². The van der Waals surface area contributed by atoms with Crippen LogP contribution in [0.3, 0.4) is 0 Å². The second-order valence-electron chi connectivity index (χ2n) is 11.7. The average Bonchev–Trinajstić information content (AvgIpc) is 3.02. The summed E-state index contributed by atoms with van der Waals surface area (Å²) in [5.74, 6) is 2.78. The molecular weight excluding hydrogens is 364 g/mol. The normalized spacial score (nSPS) is 52.8. The van der Waals surface area contributed by atoms with Crippen molar-refractivity contribution in [2.75, 3.05) is 7.11 Å². The van der Waals surface area contributed by atoms with Crippen molar-refractivity contribution >= 4 is 5.97 Å². The topological polar surface area (TPSA) is 66.8 Å². The van der Waals surface area contributed by atoms with Gasteiger partial charge in [-0.05, 0) is 90.8 Å². The van der Waals surface area contributed by atoms with E-state index in [0.29, 0.717) is 36.0 Å². The van der Waals surface area contributed by atoms with Crippen LogP contribution in [0.15, 0.2) is 0 Å². The smallest absolute Gasteiger partial charge is 0.305 e. The van der Waals surface area contributed by atoms with Crippen molar-refractivity contribution in [3.8, 4) is 0 Å². The Morgan fingerprint density at radius 2 is 1.83 bits per heavy atom. The first-order valence-electron chi connectivity index (χ1n) is 12.1. The van der Waals surface area contributed by atoms with E-state index in [-0.39, 0.29) is 34.9 Å². The van der Waals surface area contributed by atoms with Crippen LogP contribution in [0.25, 0.3) is 0 Å². The molecule has 11 atom stereocenters. The van der Waals surface area contributed by atoms with E-state index in [1.54, 1.807) is 0 Å². The number of carbonyl (C=O) groups is 1. The summed E-state index contributed by atoms with van der Waals surface area (Å²) in [7, 11) is 1.45. The summed E-state index contributed by atoms with van der Waals surface area (Å²) in [4.78, 5) is 11.9. The number of carbonyl (C=O) groups excluding carboxylic acids is 1. The maximum absolute atomic E-state index is 11.9. The van der Waals surface area contributed by atoms with Crippen molar-refractivity contribution in [1.82, 2.24) is 0 Å². The van der Waals surface area contributed by atoms with Gasteiger partial charge in [0.2, 0.25) is 0 Å². The number of hydrogen-bond acceptors (Lipinski definition) is 4. The van der Waals surface area contributed by atoms with Crippen LogP contribution < -0.4 is 0 Å². The van der Waals surface area contributed by atoms with Crippen molar-refractivity contribution in [3.05, 3.63) is 0 Å². The van der Waals surface area contributed by atoms with Crippen LogP contribution in [0, 0.1) is 52.3 Å². The van der Waals surface area contributed by atoms with Crippen molar-refractivity contribution in [3.63, 3.8) is 0 Å². The van der Waals surface area contributed by atoms with Crippen LogP contribution in [0.5, 0.6) is 0 Å². The van der Waals surface area contributed by atoms with E-state index >= 15 is 0 Å². The molecule has 0 radical (unpaired) electrons. The third-order valence-corrected chi connectivity index (χ3v) is 10.5. The van der Waals surface area contributed by atoms with E-state index in [4.69, 9.17) is 4.74 Å². The van der Waals surface area contributed by atoms with Crippen LogP contribution >= 0.6 is 0 Å². The molecule has 4 aliphatic rings. The SMILES string of the molecule is COC(=O)CC(C)C1CC[C@H]2[C@@H]3[C@H](O)C[C@@H]4C[C@@H](C)CC[C@]4(C)[C@H]3C[C@H](O)[C@]12C. The maximum Gasteiger partial charge on any atom is 0.305 e. The number of methoxy groups -OCH3 is 1. The molecule has 4 fully saturated rings. The lowest BCUT2D eigenvalue weighted by Gasteiger charge is -2.63. The van der Waals surface area contributed by atoms with Gasteiger partial charge in [-0.2, -0.15) is 0 Å². The Hall–Kier alpha value is -0.610. The van der Waals surface area contributed by atoms with E-state index in [1.165, 1.54) is 26.4 Å². The minimum absolute atomic E-state index is 0.155.